The summed E-state index contributed by atoms with van der Waals surface area (Å²) in [5.74, 6) is -0.413. The third-order valence-corrected chi connectivity index (χ3v) is 8.97. The average Bonchev–Trinajstić information content (AvgIpc) is 3.07. The van der Waals surface area contributed by atoms with Gasteiger partial charge in [-0.1, -0.05) is 31.5 Å². The molecule has 1 saturated heterocycles. The Morgan fingerprint density at radius 2 is 1.78 bits per heavy atom. The number of benzene rings is 2. The molecule has 1 aliphatic heterocycles. The Labute approximate surface area is 217 Å². The van der Waals surface area contributed by atoms with Crippen LogP contribution in [-0.2, 0) is 16.0 Å². The van der Waals surface area contributed by atoms with E-state index >= 15 is 4.39 Å². The number of carbonyl (C=O) groups is 2. The molecular formula is C29H30FN3O2S. The molecule has 1 spiro atoms. The first-order valence-electron chi connectivity index (χ1n) is 12.8. The Morgan fingerprint density at radius 3 is 2.31 bits per heavy atom. The van der Waals surface area contributed by atoms with E-state index in [1.807, 2.05) is 24.0 Å². The summed E-state index contributed by atoms with van der Waals surface area (Å²) >= 11 is 5.78. The minimum atomic E-state index is -0.791. The molecule has 0 aromatic heterocycles. The maximum Gasteiger partial charge on any atom is 0.259 e. The monoisotopic (exact) mass is 503 g/mol. The van der Waals surface area contributed by atoms with E-state index in [-0.39, 0.29) is 33.4 Å². The highest BCUT2D eigenvalue weighted by molar-refractivity contribution is 7.81. The lowest BCUT2D eigenvalue weighted by Crippen LogP contribution is -2.55. The SMILES string of the molecule is [C-]#[N+]c1ccc(N2C(=O)C3(CCC3)N(c3ccc(CCC4(C(=O)CC)CCC4)cc3)C2=S)c(F)c1C. The summed E-state index contributed by atoms with van der Waals surface area (Å²) in [6.07, 6.45) is 7.65. The molecule has 0 radical (unpaired) electrons. The number of rotatable bonds is 7. The topological polar surface area (TPSA) is 45.0 Å². The van der Waals surface area contributed by atoms with Crippen LogP contribution >= 0.6 is 12.2 Å². The number of anilines is 2. The Balaban J connectivity index is 1.41. The molecule has 3 fully saturated rings. The predicted molar refractivity (Wildman–Crippen MR) is 143 cm³/mol. The van der Waals surface area contributed by atoms with Crippen molar-refractivity contribution in [2.45, 2.75) is 77.2 Å². The molecule has 5 rings (SSSR count). The molecule has 3 aliphatic rings. The number of halogens is 1. The molecule has 36 heavy (non-hydrogen) atoms. The molecule has 1 amide bonds. The van der Waals surface area contributed by atoms with Crippen LogP contribution < -0.4 is 9.80 Å². The lowest BCUT2D eigenvalue weighted by molar-refractivity contribution is -0.133. The fraction of sp³-hybridized carbons (Fsp3) is 0.448. The molecule has 2 saturated carbocycles. The smallest absolute Gasteiger partial charge is 0.259 e. The molecule has 2 aromatic rings. The maximum absolute atomic E-state index is 15.3. The van der Waals surface area contributed by atoms with Crippen LogP contribution in [0, 0.1) is 24.7 Å². The van der Waals surface area contributed by atoms with Gasteiger partial charge in [-0.25, -0.2) is 9.24 Å². The first-order chi connectivity index (χ1) is 17.3. The van der Waals surface area contributed by atoms with Crippen molar-refractivity contribution in [3.05, 3.63) is 64.8 Å². The zero-order valence-electron chi connectivity index (χ0n) is 20.8. The van der Waals surface area contributed by atoms with Crippen molar-refractivity contribution in [3.8, 4) is 0 Å². The number of ketones is 1. The molecule has 2 aliphatic carbocycles. The second-order valence-electron chi connectivity index (χ2n) is 10.4. The number of Topliss-reactive ketones (excluding diaryl/α,β-unsaturated/α-hetero) is 1. The predicted octanol–water partition coefficient (Wildman–Crippen LogP) is 6.83. The maximum atomic E-state index is 15.3. The number of amides is 1. The van der Waals surface area contributed by atoms with Crippen molar-refractivity contribution in [1.82, 2.24) is 0 Å². The summed E-state index contributed by atoms with van der Waals surface area (Å²) in [5, 5.41) is 0.267. The van der Waals surface area contributed by atoms with E-state index in [2.05, 4.69) is 17.0 Å². The van der Waals surface area contributed by atoms with Gasteiger partial charge in [0, 0.05) is 17.5 Å². The molecule has 0 N–H and O–H groups in total. The molecule has 186 valence electrons. The van der Waals surface area contributed by atoms with E-state index in [0.29, 0.717) is 25.0 Å². The van der Waals surface area contributed by atoms with Gasteiger partial charge in [0.15, 0.2) is 10.8 Å². The first kappa shape index (κ1) is 24.6. The zero-order chi connectivity index (χ0) is 25.7. The van der Waals surface area contributed by atoms with Crippen molar-refractivity contribution in [3.63, 3.8) is 0 Å². The summed E-state index contributed by atoms with van der Waals surface area (Å²) in [4.78, 5) is 32.7. The number of hydrogen-bond acceptors (Lipinski definition) is 3. The minimum Gasteiger partial charge on any atom is -0.303 e. The number of aryl methyl sites for hydroxylation is 1. The lowest BCUT2D eigenvalue weighted by Gasteiger charge is -2.43. The summed E-state index contributed by atoms with van der Waals surface area (Å²) in [6.45, 7) is 10.7. The number of thiocarbonyl (C=S) groups is 1. The van der Waals surface area contributed by atoms with Gasteiger partial charge in [-0.3, -0.25) is 14.5 Å². The third kappa shape index (κ3) is 3.57. The van der Waals surface area contributed by atoms with E-state index in [1.165, 1.54) is 11.0 Å². The number of carbonyl (C=O) groups excluding carboxylic acids is 2. The van der Waals surface area contributed by atoms with Crippen LogP contribution in [0.25, 0.3) is 4.85 Å². The van der Waals surface area contributed by atoms with Gasteiger partial charge in [-0.15, -0.1) is 0 Å². The van der Waals surface area contributed by atoms with Crippen LogP contribution in [-0.4, -0.2) is 22.3 Å². The van der Waals surface area contributed by atoms with Crippen molar-refractivity contribution in [2.75, 3.05) is 9.80 Å². The molecule has 2 aromatic carbocycles. The molecule has 7 heteroatoms. The first-order valence-corrected chi connectivity index (χ1v) is 13.2. The van der Waals surface area contributed by atoms with Crippen LogP contribution in [0.15, 0.2) is 36.4 Å². The highest BCUT2D eigenvalue weighted by Gasteiger charge is 2.60. The van der Waals surface area contributed by atoms with Gasteiger partial charge in [-0.2, -0.15) is 0 Å². The molecule has 5 nitrogen and oxygen atoms in total. The van der Waals surface area contributed by atoms with Crippen LogP contribution in [0.4, 0.5) is 21.5 Å². The fourth-order valence-electron chi connectivity index (χ4n) is 5.99. The van der Waals surface area contributed by atoms with Gasteiger partial charge >= 0.3 is 0 Å². The van der Waals surface area contributed by atoms with E-state index in [4.69, 9.17) is 18.8 Å². The molecule has 1 heterocycles. The standard InChI is InChI=1S/C29H30FN3O2S/c1-4-24(34)28(14-5-15-28)18-13-20-7-9-21(10-8-20)33-27(36)32(26(35)29(33)16-6-17-29)23-12-11-22(31-3)19(2)25(23)30/h7-12H,4-6,13-18H2,1-2H3. The van der Waals surface area contributed by atoms with Crippen LogP contribution in [0.2, 0.25) is 0 Å². The lowest BCUT2D eigenvalue weighted by atomic mass is 9.62. The van der Waals surface area contributed by atoms with E-state index in [1.54, 1.807) is 13.0 Å². The molecule has 0 unspecified atom stereocenters. The summed E-state index contributed by atoms with van der Waals surface area (Å²) in [6, 6.07) is 11.1. The summed E-state index contributed by atoms with van der Waals surface area (Å²) in [5.41, 5.74) is 1.59. The van der Waals surface area contributed by atoms with Gasteiger partial charge in [0.25, 0.3) is 5.91 Å². The largest absolute Gasteiger partial charge is 0.303 e. The Hall–Kier alpha value is -3.11. The highest BCUT2D eigenvalue weighted by Crippen LogP contribution is 2.49. The Kier molecular flexibility index (Phi) is 6.20. The van der Waals surface area contributed by atoms with Crippen molar-refractivity contribution >= 4 is 46.1 Å². The van der Waals surface area contributed by atoms with Gasteiger partial charge in [0.2, 0.25) is 0 Å². The second-order valence-corrected chi connectivity index (χ2v) is 10.7. The van der Waals surface area contributed by atoms with Crippen molar-refractivity contribution in [2.24, 2.45) is 5.41 Å². The van der Waals surface area contributed by atoms with E-state index in [9.17, 15) is 9.59 Å². The molecule has 0 bridgehead atoms. The van der Waals surface area contributed by atoms with Gasteiger partial charge in [0.1, 0.15) is 17.1 Å². The quantitative estimate of drug-likeness (QED) is 0.307. The molecular weight excluding hydrogens is 473 g/mol. The van der Waals surface area contributed by atoms with Crippen LogP contribution in [0.1, 0.15) is 69.4 Å². The van der Waals surface area contributed by atoms with Crippen LogP contribution in [0.3, 0.4) is 0 Å². The van der Waals surface area contributed by atoms with Gasteiger partial charge in [-0.05, 0) is 93.4 Å². The van der Waals surface area contributed by atoms with Crippen molar-refractivity contribution < 1.29 is 14.0 Å². The Morgan fingerprint density at radius 1 is 1.11 bits per heavy atom. The Bertz CT molecular complexity index is 1290. The van der Waals surface area contributed by atoms with Gasteiger partial charge in [0.05, 0.1) is 12.3 Å². The average molecular weight is 504 g/mol. The second kappa shape index (κ2) is 9.08. The van der Waals surface area contributed by atoms with Crippen LogP contribution in [0.5, 0.6) is 0 Å². The molecule has 0 atom stereocenters. The third-order valence-electron chi connectivity index (χ3n) is 8.60. The minimum absolute atomic E-state index is 0.103. The van der Waals surface area contributed by atoms with Gasteiger partial charge < -0.3 is 4.90 Å². The van der Waals surface area contributed by atoms with E-state index < -0.39 is 11.4 Å². The normalized spacial score (nSPS) is 19.7. The summed E-state index contributed by atoms with van der Waals surface area (Å²) < 4.78 is 15.3. The zero-order valence-corrected chi connectivity index (χ0v) is 21.6. The highest BCUT2D eigenvalue weighted by atomic mass is 32.1. The fourth-order valence-corrected chi connectivity index (χ4v) is 6.45. The van der Waals surface area contributed by atoms with Crippen molar-refractivity contribution in [1.29, 1.82) is 0 Å². The summed E-state index contributed by atoms with van der Waals surface area (Å²) in [7, 11) is 0. The number of nitrogens with zero attached hydrogens (tertiary/aromatic N) is 3. The van der Waals surface area contributed by atoms with E-state index in [0.717, 1.165) is 49.8 Å². The number of hydrogen-bond donors (Lipinski definition) is 0.